The van der Waals surface area contributed by atoms with E-state index in [2.05, 4.69) is 20.4 Å². The van der Waals surface area contributed by atoms with E-state index in [0.29, 0.717) is 38.0 Å². The molecule has 1 aliphatic heterocycles. The van der Waals surface area contributed by atoms with Gasteiger partial charge in [-0.3, -0.25) is 0 Å². The van der Waals surface area contributed by atoms with Gasteiger partial charge < -0.3 is 24.0 Å². The van der Waals surface area contributed by atoms with E-state index in [-0.39, 0.29) is 12.1 Å². The van der Waals surface area contributed by atoms with Gasteiger partial charge in [0, 0.05) is 32.0 Å². The molecule has 0 bridgehead atoms. The van der Waals surface area contributed by atoms with E-state index in [9.17, 15) is 4.79 Å². The Morgan fingerprint density at radius 3 is 3.03 bits per heavy atom. The van der Waals surface area contributed by atoms with Crippen LogP contribution in [0.25, 0.3) is 11.4 Å². The van der Waals surface area contributed by atoms with Gasteiger partial charge in [-0.15, -0.1) is 0 Å². The molecule has 9 nitrogen and oxygen atoms in total. The van der Waals surface area contributed by atoms with Crippen molar-refractivity contribution in [2.24, 2.45) is 0 Å². The topological polar surface area (TPSA) is 98.3 Å². The Morgan fingerprint density at radius 1 is 1.34 bits per heavy atom. The van der Waals surface area contributed by atoms with Crippen LogP contribution in [0.15, 0.2) is 47.4 Å². The van der Waals surface area contributed by atoms with Crippen LogP contribution in [0.4, 0.5) is 4.79 Å². The van der Waals surface area contributed by atoms with Crippen LogP contribution in [0.5, 0.6) is 0 Å². The lowest BCUT2D eigenvalue weighted by Gasteiger charge is -2.22. The number of likely N-dealkylation sites (tertiary alicyclic amines) is 1. The summed E-state index contributed by atoms with van der Waals surface area (Å²) < 4.78 is 12.6. The zero-order valence-electron chi connectivity index (χ0n) is 16.3. The molecular formula is C20H24N6O3. The van der Waals surface area contributed by atoms with Gasteiger partial charge in [-0.05, 0) is 12.8 Å². The number of carbonyl (C=O) groups excluding carboxylic acids is 1. The first-order valence-electron chi connectivity index (χ1n) is 9.67. The lowest BCUT2D eigenvalue weighted by Crippen LogP contribution is -2.39. The average molecular weight is 396 g/mol. The summed E-state index contributed by atoms with van der Waals surface area (Å²) in [6.45, 7) is 2.33. The number of carbonyl (C=O) groups is 1. The molecule has 1 aromatic carbocycles. The highest BCUT2D eigenvalue weighted by atomic mass is 16.5. The molecule has 1 saturated heterocycles. The second-order valence-corrected chi connectivity index (χ2v) is 6.90. The van der Waals surface area contributed by atoms with Crippen molar-refractivity contribution in [2.75, 3.05) is 20.3 Å². The maximum atomic E-state index is 12.8. The fraction of sp³-hybridized carbons (Fsp3) is 0.400. The first kappa shape index (κ1) is 19.1. The van der Waals surface area contributed by atoms with Gasteiger partial charge in [0.25, 0.3) is 0 Å². The van der Waals surface area contributed by atoms with Crippen molar-refractivity contribution in [1.82, 2.24) is 29.9 Å². The third-order valence-electron chi connectivity index (χ3n) is 5.03. The van der Waals surface area contributed by atoms with E-state index in [1.54, 1.807) is 24.5 Å². The summed E-state index contributed by atoms with van der Waals surface area (Å²) in [6.07, 6.45) is 5.19. The van der Waals surface area contributed by atoms with Crippen LogP contribution in [0.1, 0.15) is 30.5 Å². The van der Waals surface area contributed by atoms with Gasteiger partial charge in [-0.2, -0.15) is 4.98 Å². The van der Waals surface area contributed by atoms with Crippen LogP contribution in [-0.2, 0) is 17.8 Å². The molecule has 0 aliphatic carbocycles. The second-order valence-electron chi connectivity index (χ2n) is 6.90. The first-order chi connectivity index (χ1) is 14.3. The molecule has 152 valence electrons. The molecule has 3 heterocycles. The van der Waals surface area contributed by atoms with Crippen LogP contribution in [0, 0.1) is 0 Å². The van der Waals surface area contributed by atoms with Gasteiger partial charge in [0.2, 0.25) is 11.7 Å². The quantitative estimate of drug-likeness (QED) is 0.659. The minimum absolute atomic E-state index is 0.147. The van der Waals surface area contributed by atoms with Crippen molar-refractivity contribution in [3.63, 3.8) is 0 Å². The molecule has 0 saturated carbocycles. The van der Waals surface area contributed by atoms with Crippen LogP contribution in [-0.4, -0.2) is 50.9 Å². The molecule has 9 heteroatoms. The normalized spacial score (nSPS) is 16.3. The van der Waals surface area contributed by atoms with Crippen LogP contribution in [0.3, 0.4) is 0 Å². The highest BCUT2D eigenvalue weighted by Gasteiger charge is 2.34. The largest absolute Gasteiger partial charge is 0.383 e. The summed E-state index contributed by atoms with van der Waals surface area (Å²) in [5, 5.41) is 7.06. The van der Waals surface area contributed by atoms with Gasteiger partial charge >= 0.3 is 6.03 Å². The molecule has 2 amide bonds. The van der Waals surface area contributed by atoms with Crippen LogP contribution >= 0.6 is 0 Å². The predicted octanol–water partition coefficient (Wildman–Crippen LogP) is 2.63. The maximum absolute atomic E-state index is 12.8. The standard InChI is InChI=1S/C20H24N6O3/c1-28-11-10-25-14-21-12-16(25)13-22-20(27)26-9-5-8-17(26)19-23-18(24-29-19)15-6-3-2-4-7-15/h2-4,6-7,12,14,17H,5,8-11,13H2,1H3,(H,22,27). The smallest absolute Gasteiger partial charge is 0.318 e. The van der Waals surface area contributed by atoms with Gasteiger partial charge in [-0.1, -0.05) is 35.5 Å². The third-order valence-corrected chi connectivity index (χ3v) is 5.03. The highest BCUT2D eigenvalue weighted by Crippen LogP contribution is 2.32. The van der Waals surface area contributed by atoms with Crippen molar-refractivity contribution in [3.8, 4) is 11.4 Å². The number of urea groups is 1. The lowest BCUT2D eigenvalue weighted by atomic mass is 10.2. The minimum atomic E-state index is -0.210. The number of nitrogens with zero attached hydrogens (tertiary/aromatic N) is 5. The van der Waals surface area contributed by atoms with Crippen LogP contribution in [0.2, 0.25) is 0 Å². The Morgan fingerprint density at radius 2 is 2.21 bits per heavy atom. The zero-order chi connectivity index (χ0) is 20.1. The second kappa shape index (κ2) is 8.87. The van der Waals surface area contributed by atoms with Gasteiger partial charge in [0.15, 0.2) is 0 Å². The molecule has 4 rings (SSSR count). The molecule has 1 fully saturated rings. The lowest BCUT2D eigenvalue weighted by molar-refractivity contribution is 0.178. The van der Waals surface area contributed by atoms with E-state index in [4.69, 9.17) is 9.26 Å². The summed E-state index contributed by atoms with van der Waals surface area (Å²) in [7, 11) is 1.66. The minimum Gasteiger partial charge on any atom is -0.383 e. The fourth-order valence-corrected chi connectivity index (χ4v) is 3.50. The predicted molar refractivity (Wildman–Crippen MR) is 105 cm³/mol. The summed E-state index contributed by atoms with van der Waals surface area (Å²) in [6, 6.07) is 9.30. The number of rotatable bonds is 7. The van der Waals surface area contributed by atoms with Crippen molar-refractivity contribution < 1.29 is 14.1 Å². The van der Waals surface area contributed by atoms with Gasteiger partial charge in [-0.25, -0.2) is 9.78 Å². The van der Waals surface area contributed by atoms with Crippen LogP contribution < -0.4 is 5.32 Å². The molecule has 1 unspecified atom stereocenters. The summed E-state index contributed by atoms with van der Waals surface area (Å²) in [4.78, 5) is 23.2. The average Bonchev–Trinajstić information content (AvgIpc) is 3.51. The van der Waals surface area contributed by atoms with Crippen molar-refractivity contribution in [3.05, 3.63) is 54.4 Å². The van der Waals surface area contributed by atoms with Gasteiger partial charge in [0.05, 0.1) is 25.2 Å². The number of aromatic nitrogens is 4. The fourth-order valence-electron chi connectivity index (χ4n) is 3.50. The number of hydrogen-bond donors (Lipinski definition) is 1. The monoisotopic (exact) mass is 396 g/mol. The SMILES string of the molecule is COCCn1cncc1CNC(=O)N1CCCC1c1nc(-c2ccccc2)no1. The van der Waals surface area contributed by atoms with Crippen molar-refractivity contribution >= 4 is 6.03 Å². The van der Waals surface area contributed by atoms with E-state index < -0.39 is 0 Å². The Balaban J connectivity index is 1.40. The summed E-state index contributed by atoms with van der Waals surface area (Å²) >= 11 is 0. The van der Waals surface area contributed by atoms with Gasteiger partial charge in [0.1, 0.15) is 6.04 Å². The Labute approximate surface area is 168 Å². The number of ether oxygens (including phenoxy) is 1. The number of methoxy groups -OCH3 is 1. The third kappa shape index (κ3) is 4.29. The number of hydrogen-bond acceptors (Lipinski definition) is 6. The number of imidazole rings is 1. The summed E-state index contributed by atoms with van der Waals surface area (Å²) in [5.41, 5.74) is 1.82. The van der Waals surface area contributed by atoms with Crippen molar-refractivity contribution in [1.29, 1.82) is 0 Å². The van der Waals surface area contributed by atoms with E-state index in [1.165, 1.54) is 0 Å². The van der Waals surface area contributed by atoms with E-state index in [0.717, 1.165) is 24.1 Å². The molecule has 29 heavy (non-hydrogen) atoms. The molecule has 1 aliphatic rings. The number of nitrogens with one attached hydrogen (secondary N) is 1. The Hall–Kier alpha value is -3.20. The maximum Gasteiger partial charge on any atom is 0.318 e. The molecule has 3 aromatic rings. The molecule has 1 N–H and O–H groups in total. The molecule has 1 atom stereocenters. The first-order valence-corrected chi connectivity index (χ1v) is 9.67. The molecule has 0 spiro atoms. The Kier molecular flexibility index (Phi) is 5.85. The van der Waals surface area contributed by atoms with Crippen molar-refractivity contribution in [2.45, 2.75) is 32.0 Å². The number of amides is 2. The highest BCUT2D eigenvalue weighted by molar-refractivity contribution is 5.75. The molecule has 0 radical (unpaired) electrons. The zero-order valence-corrected chi connectivity index (χ0v) is 16.3. The Bertz CT molecular complexity index is 939. The molecule has 2 aromatic heterocycles. The summed E-state index contributed by atoms with van der Waals surface area (Å²) in [5.74, 6) is 1.01. The number of benzene rings is 1. The van der Waals surface area contributed by atoms with E-state index in [1.807, 2.05) is 34.9 Å². The molecular weight excluding hydrogens is 372 g/mol. The van der Waals surface area contributed by atoms with E-state index >= 15 is 0 Å².